The van der Waals surface area contributed by atoms with Crippen molar-refractivity contribution in [2.75, 3.05) is 6.26 Å². The van der Waals surface area contributed by atoms with E-state index in [2.05, 4.69) is 4.72 Å². The van der Waals surface area contributed by atoms with Gasteiger partial charge in [-0.3, -0.25) is 4.79 Å². The number of carbonyl (C=O) groups excluding carboxylic acids is 1. The van der Waals surface area contributed by atoms with E-state index in [4.69, 9.17) is 11.6 Å². The maximum absolute atomic E-state index is 12.1. The van der Waals surface area contributed by atoms with Crippen LogP contribution in [0.25, 0.3) is 0 Å². The predicted octanol–water partition coefficient (Wildman–Crippen LogP) is 2.24. The number of alkyl halides is 1. The molecule has 7 heteroatoms. The van der Waals surface area contributed by atoms with Gasteiger partial charge < -0.3 is 4.57 Å². The zero-order chi connectivity index (χ0) is 16.6. The van der Waals surface area contributed by atoms with E-state index in [1.54, 1.807) is 26.8 Å². The summed E-state index contributed by atoms with van der Waals surface area (Å²) in [6.45, 7) is 9.42. The summed E-state index contributed by atoms with van der Waals surface area (Å²) in [7, 11) is -3.30. The van der Waals surface area contributed by atoms with Gasteiger partial charge in [-0.05, 0) is 40.7 Å². The molecule has 5 nitrogen and oxygen atoms in total. The number of hydrogen-bond acceptors (Lipinski definition) is 3. The van der Waals surface area contributed by atoms with Crippen LogP contribution in [0.15, 0.2) is 6.07 Å². The lowest BCUT2D eigenvalue weighted by molar-refractivity contribution is 0.0991. The second-order valence-electron chi connectivity index (χ2n) is 6.11. The fraction of sp³-hybridized carbons (Fsp3) is 0.643. The summed E-state index contributed by atoms with van der Waals surface area (Å²) in [5, 5.41) is -0.582. The molecule has 0 bridgehead atoms. The molecule has 0 aliphatic heterocycles. The molecule has 1 rings (SSSR count). The van der Waals surface area contributed by atoms with E-state index < -0.39 is 20.9 Å². The Morgan fingerprint density at radius 2 is 1.95 bits per heavy atom. The molecule has 1 unspecified atom stereocenters. The van der Waals surface area contributed by atoms with Crippen molar-refractivity contribution in [2.45, 2.75) is 52.1 Å². The number of carbonyl (C=O) groups is 1. The van der Waals surface area contributed by atoms with Crippen LogP contribution in [0.5, 0.6) is 0 Å². The van der Waals surface area contributed by atoms with Crippen molar-refractivity contribution in [1.29, 1.82) is 0 Å². The van der Waals surface area contributed by atoms with Gasteiger partial charge >= 0.3 is 0 Å². The highest BCUT2D eigenvalue weighted by molar-refractivity contribution is 7.88. The third-order valence-corrected chi connectivity index (χ3v) is 4.34. The molecule has 1 N–H and O–H groups in total. The van der Waals surface area contributed by atoms with E-state index in [0.29, 0.717) is 12.1 Å². The summed E-state index contributed by atoms with van der Waals surface area (Å²) in [5.41, 5.74) is 1.63. The van der Waals surface area contributed by atoms with Gasteiger partial charge in [0.05, 0.1) is 11.6 Å². The number of ketones is 1. The molecule has 0 saturated heterocycles. The number of rotatable bonds is 6. The summed E-state index contributed by atoms with van der Waals surface area (Å²) in [4.78, 5) is 12.1. The molecular formula is C14H23ClN2O3S. The molecule has 0 radical (unpaired) electrons. The number of sulfonamides is 1. The third-order valence-electron chi connectivity index (χ3n) is 3.22. The molecule has 0 saturated carbocycles. The van der Waals surface area contributed by atoms with E-state index in [-0.39, 0.29) is 5.78 Å². The van der Waals surface area contributed by atoms with Crippen LogP contribution in [0.4, 0.5) is 0 Å². The van der Waals surface area contributed by atoms with Gasteiger partial charge in [-0.25, -0.2) is 13.1 Å². The van der Waals surface area contributed by atoms with Gasteiger partial charge in [-0.1, -0.05) is 0 Å². The van der Waals surface area contributed by atoms with Crippen LogP contribution in [0.3, 0.4) is 0 Å². The fourth-order valence-electron chi connectivity index (χ4n) is 2.44. The Labute approximate surface area is 131 Å². The Morgan fingerprint density at radius 3 is 2.38 bits per heavy atom. The molecule has 0 aliphatic rings. The first-order valence-electron chi connectivity index (χ1n) is 6.68. The number of nitrogens with one attached hydrogen (secondary N) is 1. The van der Waals surface area contributed by atoms with Crippen molar-refractivity contribution < 1.29 is 13.2 Å². The fourth-order valence-corrected chi connectivity index (χ4v) is 3.62. The first-order valence-corrected chi connectivity index (χ1v) is 9.01. The average molecular weight is 335 g/mol. The predicted molar refractivity (Wildman–Crippen MR) is 85.6 cm³/mol. The van der Waals surface area contributed by atoms with Crippen LogP contribution in [0.1, 0.15) is 42.5 Å². The second kappa shape index (κ2) is 6.10. The van der Waals surface area contributed by atoms with Crippen LogP contribution in [0.2, 0.25) is 0 Å². The van der Waals surface area contributed by atoms with E-state index in [0.717, 1.165) is 17.6 Å². The zero-order valence-electron chi connectivity index (χ0n) is 13.3. The molecule has 1 aromatic rings. The Kier molecular flexibility index (Phi) is 5.29. The molecule has 120 valence electrons. The summed E-state index contributed by atoms with van der Waals surface area (Å²) < 4.78 is 27.4. The summed E-state index contributed by atoms with van der Waals surface area (Å²) in [6.07, 6.45) is 1.13. The Bertz CT molecular complexity index is 645. The normalized spacial score (nSPS) is 14.2. The van der Waals surface area contributed by atoms with Gasteiger partial charge in [0.25, 0.3) is 0 Å². The maximum Gasteiger partial charge on any atom is 0.209 e. The highest BCUT2D eigenvalue weighted by Gasteiger charge is 2.26. The van der Waals surface area contributed by atoms with E-state index in [1.807, 2.05) is 18.4 Å². The number of nitrogens with zero attached hydrogens (tertiary/aromatic N) is 1. The van der Waals surface area contributed by atoms with Gasteiger partial charge in [0.15, 0.2) is 5.78 Å². The number of halogens is 1. The lowest BCUT2D eigenvalue weighted by atomic mass is 10.1. The molecule has 0 aromatic carbocycles. The first kappa shape index (κ1) is 18.2. The minimum atomic E-state index is -3.30. The van der Waals surface area contributed by atoms with Crippen molar-refractivity contribution in [3.05, 3.63) is 23.0 Å². The minimum Gasteiger partial charge on any atom is -0.347 e. The quantitative estimate of drug-likeness (QED) is 0.640. The van der Waals surface area contributed by atoms with Crippen LogP contribution in [-0.2, 0) is 16.6 Å². The van der Waals surface area contributed by atoms with Gasteiger partial charge in [0.2, 0.25) is 10.0 Å². The number of Topliss-reactive ketones (excluding diaryl/α,β-unsaturated/α-hetero) is 1. The Balaban J connectivity index is 3.13. The zero-order valence-corrected chi connectivity index (χ0v) is 14.9. The van der Waals surface area contributed by atoms with Crippen molar-refractivity contribution in [3.8, 4) is 0 Å². The second-order valence-corrected chi connectivity index (χ2v) is 8.51. The number of aromatic nitrogens is 1. The van der Waals surface area contributed by atoms with Gasteiger partial charge in [0, 0.05) is 29.0 Å². The Morgan fingerprint density at radius 1 is 1.43 bits per heavy atom. The first-order chi connectivity index (χ1) is 9.34. The molecule has 1 atom stereocenters. The monoisotopic (exact) mass is 334 g/mol. The molecule has 1 heterocycles. The van der Waals surface area contributed by atoms with Crippen molar-refractivity contribution in [2.24, 2.45) is 0 Å². The summed E-state index contributed by atoms with van der Waals surface area (Å²) in [6, 6.07) is 1.80. The van der Waals surface area contributed by atoms with Crippen LogP contribution in [0, 0.1) is 13.8 Å². The van der Waals surface area contributed by atoms with E-state index in [1.165, 1.54) is 0 Å². The van der Waals surface area contributed by atoms with Crippen LogP contribution >= 0.6 is 11.6 Å². The molecule has 0 amide bonds. The average Bonchev–Trinajstić information content (AvgIpc) is 2.52. The van der Waals surface area contributed by atoms with Gasteiger partial charge in [-0.2, -0.15) is 0 Å². The van der Waals surface area contributed by atoms with Crippen molar-refractivity contribution in [1.82, 2.24) is 9.29 Å². The summed E-state index contributed by atoms with van der Waals surface area (Å²) >= 11 is 5.87. The van der Waals surface area contributed by atoms with E-state index in [9.17, 15) is 13.2 Å². The van der Waals surface area contributed by atoms with Gasteiger partial charge in [-0.15, -0.1) is 11.6 Å². The minimum absolute atomic E-state index is 0.120. The molecular weight excluding hydrogens is 312 g/mol. The maximum atomic E-state index is 12.1. The largest absolute Gasteiger partial charge is 0.347 e. The highest BCUT2D eigenvalue weighted by Crippen LogP contribution is 2.21. The van der Waals surface area contributed by atoms with Crippen molar-refractivity contribution >= 4 is 27.4 Å². The highest BCUT2D eigenvalue weighted by atomic mass is 35.5. The van der Waals surface area contributed by atoms with Crippen LogP contribution in [-0.4, -0.2) is 35.9 Å². The molecule has 0 fully saturated rings. The number of hydrogen-bond donors (Lipinski definition) is 1. The van der Waals surface area contributed by atoms with Gasteiger partial charge in [0.1, 0.15) is 0 Å². The molecule has 0 spiro atoms. The lowest BCUT2D eigenvalue weighted by Gasteiger charge is -2.27. The Hall–Kier alpha value is -0.850. The number of aryl methyl sites for hydroxylation is 1. The SMILES string of the molecule is Cc1cc(C(=O)C(C)Cl)c(C)n1CC(C)(C)NS(C)(=O)=O. The lowest BCUT2D eigenvalue weighted by Crippen LogP contribution is -2.46. The molecule has 1 aromatic heterocycles. The van der Waals surface area contributed by atoms with Crippen molar-refractivity contribution in [3.63, 3.8) is 0 Å². The third kappa shape index (κ3) is 4.83. The van der Waals surface area contributed by atoms with E-state index >= 15 is 0 Å². The molecule has 21 heavy (non-hydrogen) atoms. The topological polar surface area (TPSA) is 68.2 Å². The smallest absolute Gasteiger partial charge is 0.209 e. The standard InChI is InChI=1S/C14H23ClN2O3S/c1-9-7-12(13(18)10(2)15)11(3)17(9)8-14(4,5)16-21(6,19)20/h7,10,16H,8H2,1-6H3. The van der Waals surface area contributed by atoms with Crippen LogP contribution < -0.4 is 4.72 Å². The molecule has 0 aliphatic carbocycles. The summed E-state index contributed by atoms with van der Waals surface area (Å²) in [5.74, 6) is -0.120.